The van der Waals surface area contributed by atoms with Gasteiger partial charge in [-0.3, -0.25) is 14.3 Å². The van der Waals surface area contributed by atoms with E-state index >= 15 is 0 Å². The van der Waals surface area contributed by atoms with E-state index in [0.717, 1.165) is 24.3 Å². The molecule has 0 unspecified atom stereocenters. The third-order valence-corrected chi connectivity index (χ3v) is 6.67. The summed E-state index contributed by atoms with van der Waals surface area (Å²) in [5.41, 5.74) is 0.842. The van der Waals surface area contributed by atoms with Crippen molar-refractivity contribution in [2.24, 2.45) is 0 Å². The number of hydrogen-bond acceptors (Lipinski definition) is 4. The molecule has 6 nitrogen and oxygen atoms in total. The first-order valence-corrected chi connectivity index (χ1v) is 12.2. The van der Waals surface area contributed by atoms with Gasteiger partial charge in [-0.25, -0.2) is 12.8 Å². The van der Waals surface area contributed by atoms with Crippen LogP contribution in [0.1, 0.15) is 26.3 Å². The summed E-state index contributed by atoms with van der Waals surface area (Å²) in [6.45, 7) is 0. The molecule has 1 amide bonds. The Morgan fingerprint density at radius 1 is 0.743 bits per heavy atom. The zero-order chi connectivity index (χ0) is 25.0. The van der Waals surface area contributed by atoms with Crippen molar-refractivity contribution < 1.29 is 22.4 Å². The average Bonchev–Trinajstić information content (AvgIpc) is 2.85. The fourth-order valence-electron chi connectivity index (χ4n) is 3.34. The van der Waals surface area contributed by atoms with E-state index in [9.17, 15) is 22.4 Å². The molecule has 0 radical (unpaired) electrons. The molecule has 4 aromatic rings. The van der Waals surface area contributed by atoms with Gasteiger partial charge in [-0.05, 0) is 54.6 Å². The Morgan fingerprint density at radius 2 is 1.40 bits per heavy atom. The van der Waals surface area contributed by atoms with Crippen LogP contribution in [-0.2, 0) is 10.0 Å². The van der Waals surface area contributed by atoms with Crippen molar-refractivity contribution in [2.45, 2.75) is 4.90 Å². The quantitative estimate of drug-likeness (QED) is 0.310. The number of para-hydroxylation sites is 1. The van der Waals surface area contributed by atoms with Gasteiger partial charge in [0.25, 0.3) is 15.9 Å². The summed E-state index contributed by atoms with van der Waals surface area (Å²) in [5, 5.41) is 2.99. The van der Waals surface area contributed by atoms with E-state index in [1.54, 1.807) is 42.5 Å². The van der Waals surface area contributed by atoms with Crippen LogP contribution in [0.5, 0.6) is 0 Å². The first-order chi connectivity index (χ1) is 16.7. The number of anilines is 2. The number of nitrogens with one attached hydrogen (secondary N) is 2. The third kappa shape index (κ3) is 5.56. The van der Waals surface area contributed by atoms with Crippen LogP contribution in [0.2, 0.25) is 5.02 Å². The number of sulfonamides is 1. The molecule has 0 aromatic heterocycles. The fourth-order valence-corrected chi connectivity index (χ4v) is 4.59. The lowest BCUT2D eigenvalue weighted by Gasteiger charge is -2.15. The molecule has 0 saturated carbocycles. The molecule has 0 aliphatic rings. The van der Waals surface area contributed by atoms with Crippen LogP contribution < -0.4 is 10.0 Å². The van der Waals surface area contributed by atoms with E-state index < -0.39 is 21.7 Å². The number of halogens is 2. The minimum absolute atomic E-state index is 0.0132. The zero-order valence-electron chi connectivity index (χ0n) is 18.0. The van der Waals surface area contributed by atoms with Crippen molar-refractivity contribution >= 4 is 44.7 Å². The van der Waals surface area contributed by atoms with Crippen LogP contribution >= 0.6 is 11.6 Å². The van der Waals surface area contributed by atoms with E-state index in [-0.39, 0.29) is 33.2 Å². The van der Waals surface area contributed by atoms with Gasteiger partial charge in [0.15, 0.2) is 5.78 Å². The molecule has 0 atom stereocenters. The first-order valence-electron chi connectivity index (χ1n) is 10.3. The Balaban J connectivity index is 1.64. The molecule has 0 aliphatic carbocycles. The number of benzene rings is 4. The summed E-state index contributed by atoms with van der Waals surface area (Å²) in [7, 11) is -4.09. The summed E-state index contributed by atoms with van der Waals surface area (Å²) in [6, 6.07) is 23.3. The highest BCUT2D eigenvalue weighted by atomic mass is 35.5. The molecular weight excluding hydrogens is 491 g/mol. The fraction of sp³-hybridized carbons (Fsp3) is 0. The standard InChI is InChI=1S/C26H18ClFN2O4S/c27-18-10-15-23(22(16-18)25(31)17-6-2-1-3-7-17)29-26(32)21-8-4-5-9-24(21)30-35(33,34)20-13-11-19(28)12-14-20/h1-16,30H,(H,29,32). The molecule has 0 heterocycles. The van der Waals surface area contributed by atoms with E-state index in [0.29, 0.717) is 10.6 Å². The van der Waals surface area contributed by atoms with Crippen molar-refractivity contribution in [3.8, 4) is 0 Å². The maximum absolute atomic E-state index is 13.2. The SMILES string of the molecule is O=C(Nc1ccc(Cl)cc1C(=O)c1ccccc1)c1ccccc1NS(=O)(=O)c1ccc(F)cc1. The van der Waals surface area contributed by atoms with Gasteiger partial charge in [0.05, 0.1) is 21.8 Å². The molecule has 176 valence electrons. The third-order valence-electron chi connectivity index (χ3n) is 5.05. The van der Waals surface area contributed by atoms with Crippen molar-refractivity contribution in [2.75, 3.05) is 10.0 Å². The highest BCUT2D eigenvalue weighted by Gasteiger charge is 2.21. The summed E-state index contributed by atoms with van der Waals surface area (Å²) >= 11 is 6.10. The number of amides is 1. The van der Waals surface area contributed by atoms with Gasteiger partial charge in [0, 0.05) is 16.1 Å². The molecular formula is C26H18ClFN2O4S. The molecule has 0 aliphatic heterocycles. The van der Waals surface area contributed by atoms with Gasteiger partial charge < -0.3 is 5.32 Å². The maximum Gasteiger partial charge on any atom is 0.261 e. The van der Waals surface area contributed by atoms with Gasteiger partial charge in [-0.1, -0.05) is 54.1 Å². The number of hydrogen-bond donors (Lipinski definition) is 2. The van der Waals surface area contributed by atoms with Gasteiger partial charge in [0.2, 0.25) is 0 Å². The zero-order valence-corrected chi connectivity index (χ0v) is 19.6. The number of carbonyl (C=O) groups excluding carboxylic acids is 2. The molecule has 0 fully saturated rings. The first kappa shape index (κ1) is 24.1. The Hall–Kier alpha value is -4.01. The van der Waals surface area contributed by atoms with E-state index in [1.807, 2.05) is 0 Å². The molecule has 0 saturated heterocycles. The largest absolute Gasteiger partial charge is 0.321 e. The molecule has 35 heavy (non-hydrogen) atoms. The lowest BCUT2D eigenvalue weighted by molar-refractivity contribution is 0.102. The number of carbonyl (C=O) groups is 2. The summed E-state index contributed by atoms with van der Waals surface area (Å²) in [5.74, 6) is -1.56. The highest BCUT2D eigenvalue weighted by Crippen LogP contribution is 2.26. The number of ketones is 1. The van der Waals surface area contributed by atoms with Gasteiger partial charge in [-0.2, -0.15) is 0 Å². The van der Waals surface area contributed by atoms with Crippen LogP contribution in [0.15, 0.2) is 102 Å². The van der Waals surface area contributed by atoms with Gasteiger partial charge >= 0.3 is 0 Å². The van der Waals surface area contributed by atoms with Crippen molar-refractivity contribution in [3.63, 3.8) is 0 Å². The van der Waals surface area contributed by atoms with Crippen LogP contribution in [0.25, 0.3) is 0 Å². The lowest BCUT2D eigenvalue weighted by Crippen LogP contribution is -2.19. The van der Waals surface area contributed by atoms with Crippen molar-refractivity contribution in [1.82, 2.24) is 0 Å². The van der Waals surface area contributed by atoms with Crippen LogP contribution in [0.3, 0.4) is 0 Å². The predicted molar refractivity (Wildman–Crippen MR) is 133 cm³/mol. The minimum Gasteiger partial charge on any atom is -0.321 e. The van der Waals surface area contributed by atoms with Crippen LogP contribution in [0.4, 0.5) is 15.8 Å². The maximum atomic E-state index is 13.2. The highest BCUT2D eigenvalue weighted by molar-refractivity contribution is 7.92. The van der Waals surface area contributed by atoms with E-state index in [1.165, 1.54) is 30.3 Å². The van der Waals surface area contributed by atoms with Crippen molar-refractivity contribution in [3.05, 3.63) is 125 Å². The second kappa shape index (κ2) is 10.1. The molecule has 0 bridgehead atoms. The van der Waals surface area contributed by atoms with Crippen LogP contribution in [0, 0.1) is 5.82 Å². The molecule has 2 N–H and O–H groups in total. The Kier molecular flexibility index (Phi) is 6.95. The topological polar surface area (TPSA) is 92.3 Å². The van der Waals surface area contributed by atoms with E-state index in [4.69, 9.17) is 11.6 Å². The second-order valence-electron chi connectivity index (χ2n) is 7.44. The minimum atomic E-state index is -4.09. The van der Waals surface area contributed by atoms with E-state index in [2.05, 4.69) is 10.0 Å². The smallest absolute Gasteiger partial charge is 0.261 e. The Labute approximate surface area is 206 Å². The summed E-state index contributed by atoms with van der Waals surface area (Å²) in [6.07, 6.45) is 0. The normalized spacial score (nSPS) is 11.0. The van der Waals surface area contributed by atoms with Gasteiger partial charge in [0.1, 0.15) is 5.82 Å². The second-order valence-corrected chi connectivity index (χ2v) is 9.56. The molecule has 4 aromatic carbocycles. The summed E-state index contributed by atoms with van der Waals surface area (Å²) in [4.78, 5) is 26.0. The summed E-state index contributed by atoms with van der Waals surface area (Å²) < 4.78 is 41.1. The predicted octanol–water partition coefficient (Wildman–Crippen LogP) is 5.76. The Morgan fingerprint density at radius 3 is 2.11 bits per heavy atom. The Bertz CT molecular complexity index is 1510. The average molecular weight is 509 g/mol. The monoisotopic (exact) mass is 508 g/mol. The number of rotatable bonds is 7. The molecule has 9 heteroatoms. The molecule has 4 rings (SSSR count). The lowest BCUT2D eigenvalue weighted by atomic mass is 10.0. The van der Waals surface area contributed by atoms with Crippen molar-refractivity contribution in [1.29, 1.82) is 0 Å². The van der Waals surface area contributed by atoms with Gasteiger partial charge in [-0.15, -0.1) is 0 Å². The van der Waals surface area contributed by atoms with Crippen LogP contribution in [-0.4, -0.2) is 20.1 Å². The molecule has 0 spiro atoms.